The first-order chi connectivity index (χ1) is 14.2. The second-order valence-corrected chi connectivity index (χ2v) is 7.14. The van der Waals surface area contributed by atoms with Crippen LogP contribution in [0.1, 0.15) is 40.0 Å². The van der Waals surface area contributed by atoms with Gasteiger partial charge in [0.1, 0.15) is 18.3 Å². The lowest BCUT2D eigenvalue weighted by atomic mass is 10.1. The van der Waals surface area contributed by atoms with Crippen molar-refractivity contribution in [3.63, 3.8) is 0 Å². The minimum Gasteiger partial charge on any atom is -0.388 e. The summed E-state index contributed by atoms with van der Waals surface area (Å²) in [4.78, 5) is 0. The van der Waals surface area contributed by atoms with Crippen molar-refractivity contribution in [1.29, 1.82) is 0 Å². The van der Waals surface area contributed by atoms with Gasteiger partial charge in [-0.2, -0.15) is 0 Å². The molecule has 0 rings (SSSR count). The molecule has 0 saturated heterocycles. The molecule has 0 bridgehead atoms. The lowest BCUT2D eigenvalue weighted by Crippen LogP contribution is -2.47. The maximum atomic E-state index is 10.3. The van der Waals surface area contributed by atoms with Crippen LogP contribution >= 0.6 is 0 Å². The summed E-state index contributed by atoms with van der Waals surface area (Å²) in [6.07, 6.45) is -5.01. The molecule has 3 N–H and O–H groups in total. The van der Waals surface area contributed by atoms with Gasteiger partial charge in [-0.25, -0.2) is 0 Å². The molecule has 10 nitrogen and oxygen atoms in total. The lowest BCUT2D eigenvalue weighted by molar-refractivity contribution is -0.312. The Kier molecular flexibility index (Phi) is 17.0. The average molecular weight is 443 g/mol. The Balaban J connectivity index is 5.17. The minimum atomic E-state index is -1.91. The monoisotopic (exact) mass is 442 g/mol. The number of ether oxygens (including phenoxy) is 7. The molecular formula is C20H42O10. The van der Waals surface area contributed by atoms with Gasteiger partial charge in [-0.15, -0.1) is 0 Å². The Morgan fingerprint density at radius 3 is 1.67 bits per heavy atom. The number of hydrogen-bond acceptors (Lipinski definition) is 10. The SMILES string of the molecule is CCCCC(O)C(OC)OC(COC)C(C)OC(OC(COC)C(C)OC)C(O)O. The summed E-state index contributed by atoms with van der Waals surface area (Å²) >= 11 is 0. The van der Waals surface area contributed by atoms with E-state index in [0.717, 1.165) is 12.8 Å². The number of aliphatic hydroxyl groups excluding tert-OH is 2. The van der Waals surface area contributed by atoms with Crippen LogP contribution in [-0.4, -0.2) is 106 Å². The molecule has 0 heterocycles. The molecule has 0 amide bonds. The van der Waals surface area contributed by atoms with Gasteiger partial charge < -0.3 is 48.5 Å². The van der Waals surface area contributed by atoms with Gasteiger partial charge in [0.25, 0.3) is 0 Å². The Labute approximate surface area is 180 Å². The smallest absolute Gasteiger partial charge is 0.209 e. The molecule has 0 aromatic rings. The summed E-state index contributed by atoms with van der Waals surface area (Å²) < 4.78 is 38.1. The number of rotatable bonds is 19. The number of methoxy groups -OCH3 is 4. The van der Waals surface area contributed by atoms with Crippen molar-refractivity contribution in [2.24, 2.45) is 0 Å². The molecule has 10 heteroatoms. The number of aliphatic hydroxyl groups is 3. The molecule has 7 unspecified atom stereocenters. The van der Waals surface area contributed by atoms with Crippen LogP contribution in [0.3, 0.4) is 0 Å². The number of unbranched alkanes of at least 4 members (excludes halogenated alkanes) is 1. The summed E-state index contributed by atoms with van der Waals surface area (Å²) in [5.41, 5.74) is 0. The summed E-state index contributed by atoms with van der Waals surface area (Å²) in [7, 11) is 5.97. The molecule has 182 valence electrons. The zero-order valence-electron chi connectivity index (χ0n) is 19.4. The second kappa shape index (κ2) is 17.2. The van der Waals surface area contributed by atoms with Crippen LogP contribution in [0.5, 0.6) is 0 Å². The highest BCUT2D eigenvalue weighted by molar-refractivity contribution is 4.73. The van der Waals surface area contributed by atoms with Crippen molar-refractivity contribution >= 4 is 0 Å². The van der Waals surface area contributed by atoms with E-state index in [9.17, 15) is 15.3 Å². The molecule has 30 heavy (non-hydrogen) atoms. The Morgan fingerprint density at radius 2 is 1.23 bits per heavy atom. The molecule has 0 aliphatic rings. The van der Waals surface area contributed by atoms with Gasteiger partial charge in [0, 0.05) is 28.4 Å². The summed E-state index contributed by atoms with van der Waals surface area (Å²) in [5.74, 6) is 0. The molecule has 0 spiro atoms. The van der Waals surface area contributed by atoms with Crippen molar-refractivity contribution < 1.29 is 48.5 Å². The zero-order chi connectivity index (χ0) is 23.1. The van der Waals surface area contributed by atoms with Crippen LogP contribution in [0.25, 0.3) is 0 Å². The maximum Gasteiger partial charge on any atom is 0.209 e. The van der Waals surface area contributed by atoms with Crippen molar-refractivity contribution in [1.82, 2.24) is 0 Å². The van der Waals surface area contributed by atoms with Gasteiger partial charge in [0.15, 0.2) is 6.29 Å². The molecule has 0 aromatic carbocycles. The largest absolute Gasteiger partial charge is 0.388 e. The molecule has 0 radical (unpaired) electrons. The van der Waals surface area contributed by atoms with E-state index in [1.807, 2.05) is 6.92 Å². The third-order valence-electron chi connectivity index (χ3n) is 4.69. The van der Waals surface area contributed by atoms with Gasteiger partial charge in [0.05, 0.1) is 25.4 Å². The fourth-order valence-electron chi connectivity index (χ4n) is 2.72. The van der Waals surface area contributed by atoms with Gasteiger partial charge >= 0.3 is 0 Å². The molecule has 0 fully saturated rings. The highest BCUT2D eigenvalue weighted by Gasteiger charge is 2.33. The van der Waals surface area contributed by atoms with E-state index in [4.69, 9.17) is 33.2 Å². The molecule has 0 aliphatic heterocycles. The van der Waals surface area contributed by atoms with Gasteiger partial charge in [-0.3, -0.25) is 0 Å². The molecule has 0 aliphatic carbocycles. The third-order valence-corrected chi connectivity index (χ3v) is 4.69. The van der Waals surface area contributed by atoms with E-state index in [-0.39, 0.29) is 19.3 Å². The van der Waals surface area contributed by atoms with E-state index in [2.05, 4.69) is 0 Å². The van der Waals surface area contributed by atoms with Crippen molar-refractivity contribution in [2.75, 3.05) is 41.7 Å². The van der Waals surface area contributed by atoms with Crippen LogP contribution < -0.4 is 0 Å². The standard InChI is InChI=1S/C20H42O10/c1-8-9-10-15(21)19(27-7)29-17(12-25-5)14(3)28-20(18(22)23)30-16(11-24-4)13(2)26-6/h13-23H,8-12H2,1-7H3. The topological polar surface area (TPSA) is 125 Å². The fourth-order valence-corrected chi connectivity index (χ4v) is 2.72. The predicted molar refractivity (Wildman–Crippen MR) is 109 cm³/mol. The second-order valence-electron chi connectivity index (χ2n) is 7.14. The average Bonchev–Trinajstić information content (AvgIpc) is 2.72. The summed E-state index contributed by atoms with van der Waals surface area (Å²) in [5, 5.41) is 29.8. The number of hydrogen-bond donors (Lipinski definition) is 3. The molecule has 0 saturated carbocycles. The first-order valence-corrected chi connectivity index (χ1v) is 10.3. The van der Waals surface area contributed by atoms with E-state index in [1.165, 1.54) is 28.4 Å². The van der Waals surface area contributed by atoms with E-state index in [1.54, 1.807) is 13.8 Å². The maximum absolute atomic E-state index is 10.3. The van der Waals surface area contributed by atoms with E-state index < -0.39 is 43.3 Å². The van der Waals surface area contributed by atoms with Crippen molar-refractivity contribution in [3.8, 4) is 0 Å². The Hall–Kier alpha value is -0.400. The first kappa shape index (κ1) is 29.6. The van der Waals surface area contributed by atoms with Gasteiger partial charge in [0.2, 0.25) is 12.6 Å². The molecule has 0 aromatic heterocycles. The Morgan fingerprint density at radius 1 is 0.700 bits per heavy atom. The van der Waals surface area contributed by atoms with Gasteiger partial charge in [-0.1, -0.05) is 19.8 Å². The van der Waals surface area contributed by atoms with Crippen molar-refractivity contribution in [2.45, 2.75) is 89.4 Å². The van der Waals surface area contributed by atoms with E-state index >= 15 is 0 Å². The van der Waals surface area contributed by atoms with Gasteiger partial charge in [-0.05, 0) is 20.3 Å². The minimum absolute atomic E-state index is 0.131. The van der Waals surface area contributed by atoms with Crippen molar-refractivity contribution in [3.05, 3.63) is 0 Å². The quantitative estimate of drug-likeness (QED) is 0.246. The van der Waals surface area contributed by atoms with Crippen LogP contribution in [-0.2, 0) is 33.2 Å². The highest BCUT2D eigenvalue weighted by atomic mass is 16.7. The normalized spacial score (nSPS) is 19.3. The molecular weight excluding hydrogens is 400 g/mol. The lowest BCUT2D eigenvalue weighted by Gasteiger charge is -2.34. The first-order valence-electron chi connectivity index (χ1n) is 10.3. The zero-order valence-corrected chi connectivity index (χ0v) is 19.4. The van der Waals surface area contributed by atoms with Crippen LogP contribution in [0.15, 0.2) is 0 Å². The van der Waals surface area contributed by atoms with E-state index in [0.29, 0.717) is 6.42 Å². The summed E-state index contributed by atoms with van der Waals surface area (Å²) in [6, 6.07) is 0. The molecule has 7 atom stereocenters. The van der Waals surface area contributed by atoms with Crippen LogP contribution in [0, 0.1) is 0 Å². The van der Waals surface area contributed by atoms with Crippen LogP contribution in [0.4, 0.5) is 0 Å². The van der Waals surface area contributed by atoms with Crippen LogP contribution in [0.2, 0.25) is 0 Å². The third kappa shape index (κ3) is 11.3. The Bertz CT molecular complexity index is 398. The summed E-state index contributed by atoms with van der Waals surface area (Å²) in [6.45, 7) is 5.78. The fraction of sp³-hybridized carbons (Fsp3) is 1.00. The highest BCUT2D eigenvalue weighted by Crippen LogP contribution is 2.18. The predicted octanol–water partition coefficient (Wildman–Crippen LogP) is 0.650.